The van der Waals surface area contributed by atoms with E-state index in [9.17, 15) is 29.7 Å². The molecule has 0 aromatic heterocycles. The number of carbonyl (C=O) groups is 3. The zero-order valence-electron chi connectivity index (χ0n) is 25.8. The lowest BCUT2D eigenvalue weighted by molar-refractivity contribution is -0.145. The minimum atomic E-state index is -1.14. The van der Waals surface area contributed by atoms with Crippen molar-refractivity contribution in [3.8, 4) is 11.5 Å². The van der Waals surface area contributed by atoms with Gasteiger partial charge in [-0.05, 0) is 98.8 Å². The third-order valence-corrected chi connectivity index (χ3v) is 10.8. The van der Waals surface area contributed by atoms with Crippen LogP contribution in [0.3, 0.4) is 0 Å². The Morgan fingerprint density at radius 2 is 1.75 bits per heavy atom. The number of aliphatic hydroxyl groups is 3. The van der Waals surface area contributed by atoms with Gasteiger partial charge in [-0.2, -0.15) is 0 Å². The van der Waals surface area contributed by atoms with Crippen LogP contribution in [0.4, 0.5) is 0 Å². The number of hydrogen-bond donors (Lipinski definition) is 4. The molecule has 1 aromatic rings. The van der Waals surface area contributed by atoms with Gasteiger partial charge < -0.3 is 39.8 Å². The smallest absolute Gasteiger partial charge is 0.247 e. The zero-order chi connectivity index (χ0) is 31.2. The highest BCUT2D eigenvalue weighted by atomic mass is 16.5. The number of nitrogens with zero attached hydrogens (tertiary/aromatic N) is 1. The van der Waals surface area contributed by atoms with Crippen LogP contribution in [-0.4, -0.2) is 82.9 Å². The number of carbonyl (C=O) groups excluding carboxylic acids is 3. The number of methoxy groups -OCH3 is 1. The Morgan fingerprint density at radius 3 is 2.34 bits per heavy atom. The predicted molar refractivity (Wildman–Crippen MR) is 161 cm³/mol. The molecule has 10 heteroatoms. The first kappa shape index (κ1) is 31.0. The van der Waals surface area contributed by atoms with Gasteiger partial charge in [-0.1, -0.05) is 0 Å². The van der Waals surface area contributed by atoms with Gasteiger partial charge in [0.25, 0.3) is 0 Å². The first-order valence-corrected chi connectivity index (χ1v) is 16.2. The van der Waals surface area contributed by atoms with E-state index in [1.54, 1.807) is 23.1 Å². The molecule has 240 valence electrons. The number of fused-ring (bicyclic) bond motifs is 3. The maximum atomic E-state index is 14.1. The summed E-state index contributed by atoms with van der Waals surface area (Å²) in [5.41, 5.74) is 1.54. The lowest BCUT2D eigenvalue weighted by Gasteiger charge is -2.58. The molecule has 2 amide bonds. The molecule has 4 N–H and O–H groups in total. The van der Waals surface area contributed by atoms with Gasteiger partial charge in [-0.25, -0.2) is 0 Å². The first-order chi connectivity index (χ1) is 21.1. The Hall–Kier alpha value is -2.95. The standard InChI is InChI=1S/C34H46N2O8/c1-19(39)4-3-5-28(40)36(18-34-14-20-8-21(15-34)10-22(9-20)16-34)26-13-25(33(42)35-6-7-37)29-24-11-23(17-38)12-27(43-2)31(24)44-32(29)30(26)41/h11-13,20-22,26,29-30,32,37-38,41H,3-10,14-18H2,1-2H3,(H,35,42)/t20?,21?,22?,26-,29+,30+,32+,34?/m1/s1. The lowest BCUT2D eigenvalue weighted by atomic mass is 9.49. The van der Waals surface area contributed by atoms with Crippen molar-refractivity contribution in [2.75, 3.05) is 26.8 Å². The van der Waals surface area contributed by atoms with E-state index in [1.165, 1.54) is 33.3 Å². The molecule has 1 aromatic carbocycles. The Kier molecular flexibility index (Phi) is 8.78. The van der Waals surface area contributed by atoms with Gasteiger partial charge in [-0.3, -0.25) is 9.59 Å². The molecule has 1 aliphatic heterocycles. The van der Waals surface area contributed by atoms with Crippen LogP contribution in [0, 0.1) is 23.2 Å². The van der Waals surface area contributed by atoms with Crippen molar-refractivity contribution in [1.29, 1.82) is 0 Å². The minimum absolute atomic E-state index is 0.0204. The molecule has 0 saturated heterocycles. The van der Waals surface area contributed by atoms with Crippen molar-refractivity contribution in [2.45, 2.75) is 95.5 Å². The van der Waals surface area contributed by atoms with Gasteiger partial charge in [0.2, 0.25) is 11.8 Å². The van der Waals surface area contributed by atoms with Gasteiger partial charge in [0.05, 0.1) is 32.3 Å². The first-order valence-electron chi connectivity index (χ1n) is 16.2. The number of Topliss-reactive ketones (excluding diaryl/α,β-unsaturated/α-hetero) is 1. The summed E-state index contributed by atoms with van der Waals surface area (Å²) >= 11 is 0. The van der Waals surface area contributed by atoms with Gasteiger partial charge in [-0.15, -0.1) is 0 Å². The maximum Gasteiger partial charge on any atom is 0.247 e. The Morgan fingerprint density at radius 1 is 1.07 bits per heavy atom. The van der Waals surface area contributed by atoms with Crippen LogP contribution >= 0.6 is 0 Å². The summed E-state index contributed by atoms with van der Waals surface area (Å²) in [6.07, 6.45) is 7.63. The summed E-state index contributed by atoms with van der Waals surface area (Å²) in [5.74, 6) is 1.65. The average molecular weight is 611 g/mol. The highest BCUT2D eigenvalue weighted by Crippen LogP contribution is 2.60. The Balaban J connectivity index is 1.39. The molecule has 10 nitrogen and oxygen atoms in total. The van der Waals surface area contributed by atoms with E-state index in [4.69, 9.17) is 9.47 Å². The van der Waals surface area contributed by atoms with Crippen molar-refractivity contribution < 1.29 is 39.2 Å². The number of nitrogens with one attached hydrogen (secondary N) is 1. The van der Waals surface area contributed by atoms with Crippen molar-refractivity contribution in [3.63, 3.8) is 0 Å². The quantitative estimate of drug-likeness (QED) is 0.283. The van der Waals surface area contributed by atoms with Crippen LogP contribution in [0.5, 0.6) is 11.5 Å². The van der Waals surface area contributed by atoms with Gasteiger partial charge in [0, 0.05) is 37.1 Å². The third-order valence-electron chi connectivity index (χ3n) is 10.8. The van der Waals surface area contributed by atoms with Crippen LogP contribution in [0.25, 0.3) is 0 Å². The molecular weight excluding hydrogens is 564 g/mol. The molecule has 1 heterocycles. The van der Waals surface area contributed by atoms with Crippen LogP contribution in [0.15, 0.2) is 23.8 Å². The second kappa shape index (κ2) is 12.4. The van der Waals surface area contributed by atoms with E-state index >= 15 is 0 Å². The van der Waals surface area contributed by atoms with E-state index in [0.717, 1.165) is 19.3 Å². The molecule has 44 heavy (non-hydrogen) atoms. The number of benzene rings is 1. The van der Waals surface area contributed by atoms with Crippen molar-refractivity contribution in [1.82, 2.24) is 10.2 Å². The maximum absolute atomic E-state index is 14.1. The van der Waals surface area contributed by atoms with Crippen molar-refractivity contribution in [3.05, 3.63) is 34.9 Å². The SMILES string of the molecule is COc1cc(CO)cc2c1O[C@@H]1[C@@H](O)[C@H](N(CC34CC5CC(CC(C5)C3)C4)C(=O)CCCC(C)=O)C=C(C(=O)NCCO)[C@H]21. The number of hydrogen-bond acceptors (Lipinski definition) is 8. The van der Waals surface area contributed by atoms with E-state index in [0.29, 0.717) is 65.3 Å². The van der Waals surface area contributed by atoms with Crippen molar-refractivity contribution >= 4 is 17.6 Å². The molecule has 7 rings (SSSR count). The number of rotatable bonds is 12. The van der Waals surface area contributed by atoms with E-state index in [1.807, 2.05) is 0 Å². The predicted octanol–water partition coefficient (Wildman–Crippen LogP) is 2.61. The summed E-state index contributed by atoms with van der Waals surface area (Å²) in [5, 5.41) is 34.2. The Labute approximate surface area is 258 Å². The fraction of sp³-hybridized carbons (Fsp3) is 0.676. The highest BCUT2D eigenvalue weighted by molar-refractivity contribution is 5.96. The number of ketones is 1. The van der Waals surface area contributed by atoms with Crippen LogP contribution in [-0.2, 0) is 21.0 Å². The average Bonchev–Trinajstić information content (AvgIpc) is 3.38. The molecule has 5 aliphatic carbocycles. The van der Waals surface area contributed by atoms with E-state index in [2.05, 4.69) is 5.32 Å². The second-order valence-corrected chi connectivity index (χ2v) is 14.0. The van der Waals surface area contributed by atoms with Crippen LogP contribution in [0.2, 0.25) is 0 Å². The second-order valence-electron chi connectivity index (χ2n) is 14.0. The van der Waals surface area contributed by atoms with Crippen molar-refractivity contribution in [2.24, 2.45) is 23.2 Å². The molecular formula is C34H46N2O8. The van der Waals surface area contributed by atoms with Gasteiger partial charge in [0.15, 0.2) is 11.5 Å². The number of amides is 2. The number of aliphatic hydroxyl groups excluding tert-OH is 3. The van der Waals surface area contributed by atoms with Crippen LogP contribution < -0.4 is 14.8 Å². The molecule has 4 atom stereocenters. The fourth-order valence-corrected chi connectivity index (χ4v) is 9.46. The van der Waals surface area contributed by atoms with Gasteiger partial charge >= 0.3 is 0 Å². The van der Waals surface area contributed by atoms with E-state index < -0.39 is 30.1 Å². The summed E-state index contributed by atoms with van der Waals surface area (Å²) < 4.78 is 12.0. The minimum Gasteiger partial charge on any atom is -0.493 e. The summed E-state index contributed by atoms with van der Waals surface area (Å²) in [7, 11) is 1.50. The summed E-state index contributed by atoms with van der Waals surface area (Å²) in [4.78, 5) is 41.3. The molecule has 0 unspecified atom stereocenters. The lowest BCUT2D eigenvalue weighted by Crippen LogP contribution is -2.59. The summed E-state index contributed by atoms with van der Waals surface area (Å²) in [6.45, 7) is 1.60. The normalized spacial score (nSPS) is 32.8. The fourth-order valence-electron chi connectivity index (χ4n) is 9.46. The third kappa shape index (κ3) is 5.76. The van der Waals surface area contributed by atoms with E-state index in [-0.39, 0.29) is 43.3 Å². The zero-order valence-corrected chi connectivity index (χ0v) is 25.8. The number of ether oxygens (including phenoxy) is 2. The molecule has 4 saturated carbocycles. The monoisotopic (exact) mass is 610 g/mol. The molecule has 6 aliphatic rings. The topological polar surface area (TPSA) is 146 Å². The highest BCUT2D eigenvalue weighted by Gasteiger charge is 2.55. The largest absolute Gasteiger partial charge is 0.493 e. The van der Waals surface area contributed by atoms with Gasteiger partial charge in [0.1, 0.15) is 18.0 Å². The molecule has 4 bridgehead atoms. The molecule has 0 spiro atoms. The Bertz CT molecular complexity index is 1290. The van der Waals surface area contributed by atoms with Crippen LogP contribution in [0.1, 0.15) is 81.8 Å². The molecule has 4 fully saturated rings. The molecule has 0 radical (unpaired) electrons. The summed E-state index contributed by atoms with van der Waals surface area (Å²) in [6, 6.07) is 2.62.